The first-order valence-electron chi connectivity index (χ1n) is 10.5. The van der Waals surface area contributed by atoms with E-state index in [1.165, 1.54) is 23.4 Å². The highest BCUT2D eigenvalue weighted by Gasteiger charge is 2.24. The van der Waals surface area contributed by atoms with Gasteiger partial charge in [0.15, 0.2) is 0 Å². The quantitative estimate of drug-likeness (QED) is 0.357. The van der Waals surface area contributed by atoms with E-state index in [0.717, 1.165) is 36.4 Å². The number of hydrogen-bond donors (Lipinski definition) is 1. The van der Waals surface area contributed by atoms with Crippen LogP contribution in [0, 0.1) is 13.8 Å². The number of benzene rings is 1. The Balaban J connectivity index is 1.34. The van der Waals surface area contributed by atoms with Crippen molar-refractivity contribution >= 4 is 23.0 Å². The molecule has 0 saturated carbocycles. The average Bonchev–Trinajstić information content (AvgIpc) is 3.31. The molecule has 156 valence electrons. The molecule has 7 heteroatoms. The number of aromatic nitrogens is 3. The van der Waals surface area contributed by atoms with Gasteiger partial charge >= 0.3 is 0 Å². The number of para-hydroxylation sites is 1. The molecule has 1 amide bonds. The molecule has 0 spiro atoms. The maximum Gasteiger partial charge on any atom is 0.292 e. The summed E-state index contributed by atoms with van der Waals surface area (Å²) in [7, 11) is 0. The third-order valence-corrected chi connectivity index (χ3v) is 6.69. The number of nitrogens with one attached hydrogen (secondary N) is 1. The molecule has 0 radical (unpaired) electrons. The number of Topliss-reactive ketones (excluding diaryl/α,β-unsaturated/α-hetero) is 1. The predicted molar refractivity (Wildman–Crippen MR) is 117 cm³/mol. The Kier molecular flexibility index (Phi) is 6.08. The molecule has 0 saturated heterocycles. The van der Waals surface area contributed by atoms with Crippen molar-refractivity contribution in [2.75, 3.05) is 6.54 Å². The number of carbonyl (C=O) groups is 2. The van der Waals surface area contributed by atoms with Crippen molar-refractivity contribution in [1.82, 2.24) is 20.1 Å². The van der Waals surface area contributed by atoms with Crippen molar-refractivity contribution in [1.29, 1.82) is 0 Å². The van der Waals surface area contributed by atoms with E-state index in [0.29, 0.717) is 23.5 Å². The molecule has 1 aromatic carbocycles. The van der Waals surface area contributed by atoms with E-state index in [1.54, 1.807) is 22.9 Å². The van der Waals surface area contributed by atoms with Crippen molar-refractivity contribution in [3.63, 3.8) is 0 Å². The van der Waals surface area contributed by atoms with Gasteiger partial charge in [0.2, 0.25) is 0 Å². The first kappa shape index (κ1) is 20.5. The van der Waals surface area contributed by atoms with Crippen LogP contribution in [-0.4, -0.2) is 33.0 Å². The minimum absolute atomic E-state index is 0.379. The van der Waals surface area contributed by atoms with Crippen LogP contribution < -0.4 is 5.32 Å². The highest BCUT2D eigenvalue weighted by Crippen LogP contribution is 2.27. The number of ketones is 1. The second kappa shape index (κ2) is 8.92. The summed E-state index contributed by atoms with van der Waals surface area (Å²) >= 11 is 1.80. The van der Waals surface area contributed by atoms with Crippen molar-refractivity contribution in [3.8, 4) is 5.69 Å². The van der Waals surface area contributed by atoms with Gasteiger partial charge in [0.05, 0.1) is 33.3 Å². The Hall–Kier alpha value is -2.80. The van der Waals surface area contributed by atoms with Crippen molar-refractivity contribution in [3.05, 3.63) is 62.9 Å². The number of nitrogens with zero attached hydrogens (tertiary/aromatic N) is 3. The minimum atomic E-state index is -0.577. The van der Waals surface area contributed by atoms with Gasteiger partial charge in [0.25, 0.3) is 11.7 Å². The lowest BCUT2D eigenvalue weighted by atomic mass is 10.0. The van der Waals surface area contributed by atoms with Gasteiger partial charge in [-0.3, -0.25) is 9.59 Å². The topological polar surface area (TPSA) is 76.9 Å². The lowest BCUT2D eigenvalue weighted by Gasteiger charge is -2.06. The molecule has 0 unspecified atom stereocenters. The van der Waals surface area contributed by atoms with E-state index in [2.05, 4.69) is 10.4 Å². The molecule has 1 N–H and O–H groups in total. The van der Waals surface area contributed by atoms with Crippen LogP contribution in [0.1, 0.15) is 56.6 Å². The van der Waals surface area contributed by atoms with Gasteiger partial charge in [-0.2, -0.15) is 5.10 Å². The zero-order valence-corrected chi connectivity index (χ0v) is 18.2. The Bertz CT molecular complexity index is 1050. The van der Waals surface area contributed by atoms with Crippen LogP contribution in [0.4, 0.5) is 0 Å². The number of hydrogen-bond acceptors (Lipinski definition) is 5. The fourth-order valence-corrected chi connectivity index (χ4v) is 5.14. The third kappa shape index (κ3) is 4.21. The largest absolute Gasteiger partial charge is 0.349 e. The van der Waals surface area contributed by atoms with E-state index in [-0.39, 0.29) is 0 Å². The molecular weight excluding hydrogens is 396 g/mol. The van der Waals surface area contributed by atoms with E-state index >= 15 is 0 Å². The number of rotatable bonds is 7. The summed E-state index contributed by atoms with van der Waals surface area (Å²) in [6.07, 6.45) is 6.32. The number of amides is 1. The smallest absolute Gasteiger partial charge is 0.292 e. The van der Waals surface area contributed by atoms with Crippen LogP contribution in [0.5, 0.6) is 0 Å². The van der Waals surface area contributed by atoms with Gasteiger partial charge < -0.3 is 5.32 Å². The molecule has 0 atom stereocenters. The van der Waals surface area contributed by atoms with Crippen LogP contribution in [0.25, 0.3) is 5.69 Å². The molecule has 1 aliphatic rings. The van der Waals surface area contributed by atoms with Crippen LogP contribution in [0.2, 0.25) is 0 Å². The fourth-order valence-electron chi connectivity index (χ4n) is 3.94. The molecule has 3 aromatic rings. The molecule has 2 heterocycles. The first-order valence-corrected chi connectivity index (χ1v) is 11.3. The molecule has 0 fully saturated rings. The zero-order valence-electron chi connectivity index (χ0n) is 17.4. The summed E-state index contributed by atoms with van der Waals surface area (Å²) in [6, 6.07) is 9.60. The number of fused-ring (bicyclic) bond motifs is 1. The van der Waals surface area contributed by atoms with Crippen molar-refractivity contribution in [2.45, 2.75) is 52.4 Å². The highest BCUT2D eigenvalue weighted by molar-refractivity contribution is 7.11. The van der Waals surface area contributed by atoms with Crippen LogP contribution in [-0.2, 0) is 24.1 Å². The minimum Gasteiger partial charge on any atom is -0.349 e. The Morgan fingerprint density at radius 1 is 1.13 bits per heavy atom. The lowest BCUT2D eigenvalue weighted by molar-refractivity contribution is -0.117. The van der Waals surface area contributed by atoms with Crippen LogP contribution in [0.15, 0.2) is 30.3 Å². The van der Waals surface area contributed by atoms with Gasteiger partial charge in [-0.05, 0) is 58.1 Å². The van der Waals surface area contributed by atoms with Gasteiger partial charge in [-0.25, -0.2) is 9.67 Å². The summed E-state index contributed by atoms with van der Waals surface area (Å²) < 4.78 is 1.71. The number of carbonyl (C=O) groups excluding carboxylic acids is 2. The highest BCUT2D eigenvalue weighted by atomic mass is 32.1. The van der Waals surface area contributed by atoms with E-state index in [4.69, 9.17) is 4.98 Å². The molecule has 0 bridgehead atoms. The molecule has 30 heavy (non-hydrogen) atoms. The fraction of sp³-hybridized carbons (Fsp3) is 0.391. The van der Waals surface area contributed by atoms with Crippen LogP contribution >= 0.6 is 11.3 Å². The van der Waals surface area contributed by atoms with Gasteiger partial charge in [0.1, 0.15) is 0 Å². The second-order valence-corrected chi connectivity index (χ2v) is 8.83. The van der Waals surface area contributed by atoms with Crippen LogP contribution in [0.3, 0.4) is 0 Å². The summed E-state index contributed by atoms with van der Waals surface area (Å²) in [5, 5.41) is 8.37. The van der Waals surface area contributed by atoms with E-state index < -0.39 is 11.7 Å². The summed E-state index contributed by atoms with van der Waals surface area (Å²) in [6.45, 7) is 4.04. The number of thiazole rings is 1. The Morgan fingerprint density at radius 2 is 1.90 bits per heavy atom. The summed E-state index contributed by atoms with van der Waals surface area (Å²) in [5.41, 5.74) is 3.74. The maximum absolute atomic E-state index is 12.8. The third-order valence-electron chi connectivity index (χ3n) is 5.47. The predicted octanol–water partition coefficient (Wildman–Crippen LogP) is 3.76. The lowest BCUT2D eigenvalue weighted by Crippen LogP contribution is -2.32. The first-order chi connectivity index (χ1) is 14.5. The standard InChI is InChI=1S/C23H26N4O2S/c1-15-21(16(2)27(26-15)17-9-4-3-5-10-17)22(28)23(29)24-14-8-13-20-25-18-11-6-7-12-19(18)30-20/h3-5,9-10H,6-8,11-14H2,1-2H3,(H,24,29). The van der Waals surface area contributed by atoms with Gasteiger partial charge in [0, 0.05) is 17.8 Å². The molecule has 0 aliphatic heterocycles. The molecule has 4 rings (SSSR count). The van der Waals surface area contributed by atoms with E-state index in [1.807, 2.05) is 37.3 Å². The van der Waals surface area contributed by atoms with Crippen molar-refractivity contribution in [2.24, 2.45) is 0 Å². The molecule has 2 aromatic heterocycles. The average molecular weight is 423 g/mol. The summed E-state index contributed by atoms with van der Waals surface area (Å²) in [4.78, 5) is 31.4. The maximum atomic E-state index is 12.8. The molecular formula is C23H26N4O2S. The SMILES string of the molecule is Cc1nn(-c2ccccc2)c(C)c1C(=O)C(=O)NCCCc1nc2c(s1)CCCC2. The summed E-state index contributed by atoms with van der Waals surface area (Å²) in [5.74, 6) is -1.11. The molecule has 6 nitrogen and oxygen atoms in total. The monoisotopic (exact) mass is 422 g/mol. The molecule has 1 aliphatic carbocycles. The zero-order chi connectivity index (χ0) is 21.1. The normalized spacial score (nSPS) is 13.1. The van der Waals surface area contributed by atoms with Gasteiger partial charge in [-0.15, -0.1) is 11.3 Å². The Labute approximate surface area is 180 Å². The Morgan fingerprint density at radius 3 is 2.67 bits per heavy atom. The van der Waals surface area contributed by atoms with E-state index in [9.17, 15) is 9.59 Å². The van der Waals surface area contributed by atoms with Crippen molar-refractivity contribution < 1.29 is 9.59 Å². The van der Waals surface area contributed by atoms with Gasteiger partial charge in [-0.1, -0.05) is 18.2 Å². The second-order valence-electron chi connectivity index (χ2n) is 7.67. The number of aryl methyl sites for hydroxylation is 4.